The molecule has 2 rings (SSSR count). The maximum atomic E-state index is 5.93. The van der Waals surface area contributed by atoms with Gasteiger partial charge in [0.05, 0.1) is 5.69 Å². The maximum absolute atomic E-state index is 5.93. The van der Waals surface area contributed by atoms with E-state index in [0.717, 1.165) is 4.47 Å². The zero-order chi connectivity index (χ0) is 14.0. The van der Waals surface area contributed by atoms with Crippen molar-refractivity contribution in [2.75, 3.05) is 32.1 Å². The third kappa shape index (κ3) is 3.50. The molecule has 1 aliphatic rings. The highest BCUT2D eigenvalue weighted by Gasteiger charge is 2.22. The van der Waals surface area contributed by atoms with Crippen LogP contribution in [0.15, 0.2) is 22.7 Å². The van der Waals surface area contributed by atoms with Gasteiger partial charge in [-0.1, -0.05) is 6.07 Å². The van der Waals surface area contributed by atoms with E-state index >= 15 is 0 Å². The highest BCUT2D eigenvalue weighted by Crippen LogP contribution is 2.31. The van der Waals surface area contributed by atoms with E-state index < -0.39 is 0 Å². The minimum absolute atomic E-state index is 0.0824. The van der Waals surface area contributed by atoms with Gasteiger partial charge >= 0.3 is 0 Å². The van der Waals surface area contributed by atoms with Crippen molar-refractivity contribution in [1.82, 2.24) is 4.90 Å². The van der Waals surface area contributed by atoms with Crippen LogP contribution in [0.5, 0.6) is 0 Å². The monoisotopic (exact) mass is 325 g/mol. The van der Waals surface area contributed by atoms with Crippen LogP contribution in [0.2, 0.25) is 0 Å². The largest absolute Gasteiger partial charge is 0.371 e. The lowest BCUT2D eigenvalue weighted by molar-refractivity contribution is 0.253. The van der Waals surface area contributed by atoms with E-state index in [4.69, 9.17) is 5.73 Å². The summed E-state index contributed by atoms with van der Waals surface area (Å²) in [7, 11) is 4.39. The second kappa shape index (κ2) is 6.25. The fraction of sp³-hybridized carbons (Fsp3) is 0.600. The van der Waals surface area contributed by atoms with E-state index in [1.165, 1.54) is 37.2 Å². The minimum atomic E-state index is 0.0824. The quantitative estimate of drug-likeness (QED) is 0.927. The molecule has 1 heterocycles. The van der Waals surface area contributed by atoms with Crippen LogP contribution in [0.3, 0.4) is 0 Å². The lowest BCUT2D eigenvalue weighted by Crippen LogP contribution is -2.42. The first-order chi connectivity index (χ1) is 8.99. The van der Waals surface area contributed by atoms with Crippen molar-refractivity contribution in [3.63, 3.8) is 0 Å². The van der Waals surface area contributed by atoms with Crippen LogP contribution < -0.4 is 10.6 Å². The predicted octanol–water partition coefficient (Wildman–Crippen LogP) is 3.00. The fourth-order valence-electron chi connectivity index (χ4n) is 2.67. The van der Waals surface area contributed by atoms with Gasteiger partial charge in [0.25, 0.3) is 0 Å². The Kier molecular flexibility index (Phi) is 4.87. The molecule has 1 aliphatic heterocycles. The summed E-state index contributed by atoms with van der Waals surface area (Å²) in [5.41, 5.74) is 8.36. The molecule has 1 unspecified atom stereocenters. The molecule has 1 aromatic carbocycles. The number of likely N-dealkylation sites (tertiary alicyclic amines) is 1. The molecule has 0 bridgehead atoms. The van der Waals surface area contributed by atoms with Crippen molar-refractivity contribution in [1.29, 1.82) is 0 Å². The van der Waals surface area contributed by atoms with E-state index in [1.807, 2.05) is 6.92 Å². The average Bonchev–Trinajstić information content (AvgIpc) is 2.38. The van der Waals surface area contributed by atoms with Crippen LogP contribution in [0.1, 0.15) is 31.4 Å². The molecule has 0 radical (unpaired) electrons. The van der Waals surface area contributed by atoms with Crippen molar-refractivity contribution in [3.05, 3.63) is 28.2 Å². The maximum Gasteiger partial charge on any atom is 0.0510 e. The van der Waals surface area contributed by atoms with Crippen molar-refractivity contribution in [2.24, 2.45) is 5.73 Å². The third-order valence-corrected chi connectivity index (χ3v) is 4.75. The number of halogens is 1. The minimum Gasteiger partial charge on any atom is -0.371 e. The Morgan fingerprint density at radius 3 is 2.53 bits per heavy atom. The highest BCUT2D eigenvalue weighted by atomic mass is 79.9. The first-order valence-corrected chi connectivity index (χ1v) is 7.74. The topological polar surface area (TPSA) is 32.5 Å². The first-order valence-electron chi connectivity index (χ1n) is 6.95. The van der Waals surface area contributed by atoms with Crippen molar-refractivity contribution in [2.45, 2.75) is 31.8 Å². The molecule has 1 saturated heterocycles. The summed E-state index contributed by atoms with van der Waals surface area (Å²) < 4.78 is 1.14. The number of nitrogens with zero attached hydrogens (tertiary/aromatic N) is 2. The van der Waals surface area contributed by atoms with Crippen LogP contribution in [-0.4, -0.2) is 38.1 Å². The number of anilines is 1. The lowest BCUT2D eigenvalue weighted by atomic mass is 10.0. The van der Waals surface area contributed by atoms with Crippen LogP contribution in [0.4, 0.5) is 5.69 Å². The number of hydrogen-bond acceptors (Lipinski definition) is 3. The van der Waals surface area contributed by atoms with Gasteiger partial charge in [-0.15, -0.1) is 0 Å². The summed E-state index contributed by atoms with van der Waals surface area (Å²) in [5, 5.41) is 0. The van der Waals surface area contributed by atoms with Gasteiger partial charge in [0.2, 0.25) is 0 Å². The first kappa shape index (κ1) is 14.8. The van der Waals surface area contributed by atoms with Gasteiger partial charge in [-0.3, -0.25) is 0 Å². The molecule has 0 spiro atoms. The highest BCUT2D eigenvalue weighted by molar-refractivity contribution is 9.10. The molecular weight excluding hydrogens is 302 g/mol. The molecule has 0 amide bonds. The molecule has 1 aromatic rings. The summed E-state index contributed by atoms with van der Waals surface area (Å²) in [4.78, 5) is 4.81. The number of hydrogen-bond donors (Lipinski definition) is 1. The zero-order valence-corrected chi connectivity index (χ0v) is 13.7. The summed E-state index contributed by atoms with van der Waals surface area (Å²) in [6, 6.07) is 7.18. The van der Waals surface area contributed by atoms with Gasteiger partial charge in [0, 0.05) is 23.6 Å². The molecule has 0 aromatic heterocycles. The predicted molar refractivity (Wildman–Crippen MR) is 85.7 cm³/mol. The number of piperidine rings is 1. The molecule has 1 atom stereocenters. The molecule has 0 aliphatic carbocycles. The van der Waals surface area contributed by atoms with Gasteiger partial charge in [-0.25, -0.2) is 0 Å². The number of benzene rings is 1. The Morgan fingerprint density at radius 2 is 2.00 bits per heavy atom. The standard InChI is InChI=1S/C15H24BrN3/c1-11(17)12-4-5-15(14(16)10-12)19(3)13-6-8-18(2)9-7-13/h4-5,10-11,13H,6-9,17H2,1-3H3. The molecule has 1 fully saturated rings. The van der Waals surface area contributed by atoms with E-state index in [-0.39, 0.29) is 6.04 Å². The number of rotatable bonds is 3. The van der Waals surface area contributed by atoms with E-state index in [1.54, 1.807) is 0 Å². The average molecular weight is 326 g/mol. The second-order valence-electron chi connectivity index (χ2n) is 5.64. The second-order valence-corrected chi connectivity index (χ2v) is 6.50. The summed E-state index contributed by atoms with van der Waals surface area (Å²) in [5.74, 6) is 0. The Morgan fingerprint density at radius 1 is 1.37 bits per heavy atom. The van der Waals surface area contributed by atoms with E-state index in [2.05, 4.69) is 58.0 Å². The van der Waals surface area contributed by atoms with Crippen molar-refractivity contribution in [3.8, 4) is 0 Å². The van der Waals surface area contributed by atoms with Crippen LogP contribution in [0, 0.1) is 0 Å². The molecule has 2 N–H and O–H groups in total. The van der Waals surface area contributed by atoms with Gasteiger partial charge in [0.1, 0.15) is 0 Å². The normalized spacial score (nSPS) is 19.4. The van der Waals surface area contributed by atoms with Gasteiger partial charge in [0.15, 0.2) is 0 Å². The number of nitrogens with two attached hydrogens (primary N) is 1. The van der Waals surface area contributed by atoms with E-state index in [9.17, 15) is 0 Å². The Balaban J connectivity index is 2.12. The third-order valence-electron chi connectivity index (χ3n) is 4.11. The van der Waals surface area contributed by atoms with Crippen molar-refractivity contribution >= 4 is 21.6 Å². The van der Waals surface area contributed by atoms with Crippen LogP contribution in [0.25, 0.3) is 0 Å². The molecule has 0 saturated carbocycles. The fourth-order valence-corrected chi connectivity index (χ4v) is 3.35. The Bertz CT molecular complexity index is 425. The van der Waals surface area contributed by atoms with Gasteiger partial charge in [-0.05, 0) is 73.5 Å². The Labute approximate surface area is 124 Å². The van der Waals surface area contributed by atoms with Crippen molar-refractivity contribution < 1.29 is 0 Å². The molecule has 4 heteroatoms. The molecular formula is C15H24BrN3. The SMILES string of the molecule is CC(N)c1ccc(N(C)C2CCN(C)CC2)c(Br)c1. The summed E-state index contributed by atoms with van der Waals surface area (Å²) in [6.07, 6.45) is 2.46. The van der Waals surface area contributed by atoms with Gasteiger partial charge < -0.3 is 15.5 Å². The lowest BCUT2D eigenvalue weighted by Gasteiger charge is -2.37. The molecule has 106 valence electrons. The smallest absolute Gasteiger partial charge is 0.0510 e. The van der Waals surface area contributed by atoms with Crippen LogP contribution in [-0.2, 0) is 0 Å². The zero-order valence-electron chi connectivity index (χ0n) is 12.1. The van der Waals surface area contributed by atoms with Crippen LogP contribution >= 0.6 is 15.9 Å². The molecule has 3 nitrogen and oxygen atoms in total. The van der Waals surface area contributed by atoms with Gasteiger partial charge in [-0.2, -0.15) is 0 Å². The summed E-state index contributed by atoms with van der Waals surface area (Å²) >= 11 is 3.69. The molecule has 19 heavy (non-hydrogen) atoms. The Hall–Kier alpha value is -0.580. The summed E-state index contributed by atoms with van der Waals surface area (Å²) in [6.45, 7) is 4.39. The van der Waals surface area contributed by atoms with E-state index in [0.29, 0.717) is 6.04 Å².